The SMILES string of the molecule is C[C@H]1OC(C)(C)O[C@@H]1C[C@@H]1CC2(CC(=O)O1)CC1(SCCCS1)C(C)(C)C(=O)O2. The number of thioether (sulfide) groups is 2. The first-order valence-corrected chi connectivity index (χ1v) is 12.5. The van der Waals surface area contributed by atoms with Gasteiger partial charge in [-0.15, -0.1) is 23.5 Å². The molecule has 0 N–H and O–H groups in total. The van der Waals surface area contributed by atoms with Crippen LogP contribution in [-0.4, -0.2) is 57.2 Å². The smallest absolute Gasteiger partial charge is 0.314 e. The zero-order valence-corrected chi connectivity index (χ0v) is 19.6. The van der Waals surface area contributed by atoms with Crippen LogP contribution in [0.2, 0.25) is 0 Å². The third-order valence-electron chi connectivity index (χ3n) is 6.57. The van der Waals surface area contributed by atoms with Crippen molar-refractivity contribution >= 4 is 35.5 Å². The van der Waals surface area contributed by atoms with Crippen LogP contribution in [0.3, 0.4) is 0 Å². The quantitative estimate of drug-likeness (QED) is 0.594. The Morgan fingerprint density at radius 3 is 2.38 bits per heavy atom. The molecule has 29 heavy (non-hydrogen) atoms. The standard InChI is InChI=1S/C21H32O6S2/c1-13-15(26-19(4,5)25-13)9-14-10-20(11-16(22)24-14)12-21(28-7-6-8-29-21)18(2,3)17(23)27-20/h13-15H,6-12H2,1-5H3/t13-,14-,15-,20?/m1/s1. The molecule has 1 unspecified atom stereocenters. The van der Waals surface area contributed by atoms with Gasteiger partial charge < -0.3 is 18.9 Å². The molecule has 4 atom stereocenters. The average molecular weight is 445 g/mol. The van der Waals surface area contributed by atoms with Crippen molar-refractivity contribution in [2.45, 2.75) is 101 Å². The van der Waals surface area contributed by atoms with Gasteiger partial charge in [-0.05, 0) is 52.5 Å². The van der Waals surface area contributed by atoms with E-state index in [0.29, 0.717) is 19.3 Å². The molecule has 164 valence electrons. The molecule has 6 nitrogen and oxygen atoms in total. The van der Waals surface area contributed by atoms with Crippen LogP contribution in [0.25, 0.3) is 0 Å². The van der Waals surface area contributed by atoms with Gasteiger partial charge in [-0.3, -0.25) is 9.59 Å². The Morgan fingerprint density at radius 1 is 1.07 bits per heavy atom. The summed E-state index contributed by atoms with van der Waals surface area (Å²) >= 11 is 3.73. The van der Waals surface area contributed by atoms with E-state index in [9.17, 15) is 9.59 Å². The fourth-order valence-corrected chi connectivity index (χ4v) is 8.94. The second-order valence-corrected chi connectivity index (χ2v) is 12.8. The highest BCUT2D eigenvalue weighted by Crippen LogP contribution is 2.62. The van der Waals surface area contributed by atoms with Gasteiger partial charge in [0.25, 0.3) is 0 Å². The van der Waals surface area contributed by atoms with Crippen molar-refractivity contribution in [3.05, 3.63) is 0 Å². The molecular weight excluding hydrogens is 412 g/mol. The molecule has 8 heteroatoms. The Kier molecular flexibility index (Phi) is 5.49. The first-order valence-electron chi connectivity index (χ1n) is 10.5. The summed E-state index contributed by atoms with van der Waals surface area (Å²) in [5.41, 5.74) is -1.38. The molecule has 0 aliphatic carbocycles. The van der Waals surface area contributed by atoms with E-state index >= 15 is 0 Å². The highest BCUT2D eigenvalue weighted by molar-refractivity contribution is 8.18. The molecular formula is C21H32O6S2. The van der Waals surface area contributed by atoms with Crippen molar-refractivity contribution in [3.8, 4) is 0 Å². The van der Waals surface area contributed by atoms with E-state index in [1.54, 1.807) is 0 Å². The highest BCUT2D eigenvalue weighted by atomic mass is 32.2. The van der Waals surface area contributed by atoms with Crippen LogP contribution in [0.4, 0.5) is 0 Å². The Balaban J connectivity index is 1.55. The summed E-state index contributed by atoms with van der Waals surface area (Å²) in [6.07, 6.45) is 2.46. The number of ether oxygens (including phenoxy) is 4. The minimum Gasteiger partial charge on any atom is -0.462 e. The summed E-state index contributed by atoms with van der Waals surface area (Å²) in [6.45, 7) is 9.74. The molecule has 0 aromatic rings. The van der Waals surface area contributed by atoms with Gasteiger partial charge in [-0.25, -0.2) is 0 Å². The van der Waals surface area contributed by atoms with Crippen LogP contribution in [0, 0.1) is 5.41 Å². The Labute approximate surface area is 181 Å². The molecule has 0 radical (unpaired) electrons. The third-order valence-corrected chi connectivity index (χ3v) is 10.5. The Bertz CT molecular complexity index is 687. The van der Waals surface area contributed by atoms with E-state index in [4.69, 9.17) is 18.9 Å². The summed E-state index contributed by atoms with van der Waals surface area (Å²) in [4.78, 5) is 25.7. The number of esters is 2. The van der Waals surface area contributed by atoms with Crippen LogP contribution in [-0.2, 0) is 28.5 Å². The van der Waals surface area contributed by atoms with E-state index in [1.165, 1.54) is 0 Å². The van der Waals surface area contributed by atoms with Gasteiger partial charge >= 0.3 is 11.9 Å². The van der Waals surface area contributed by atoms with Gasteiger partial charge in [-0.1, -0.05) is 0 Å². The minimum absolute atomic E-state index is 0.0785. The maximum absolute atomic E-state index is 13.1. The molecule has 2 spiro atoms. The first-order chi connectivity index (χ1) is 13.5. The molecule has 0 bridgehead atoms. The number of cyclic esters (lactones) is 1. The first kappa shape index (κ1) is 21.8. The maximum Gasteiger partial charge on any atom is 0.314 e. The predicted molar refractivity (Wildman–Crippen MR) is 113 cm³/mol. The van der Waals surface area contributed by atoms with Crippen molar-refractivity contribution in [1.82, 2.24) is 0 Å². The lowest BCUT2D eigenvalue weighted by Crippen LogP contribution is -2.62. The van der Waals surface area contributed by atoms with Crippen LogP contribution < -0.4 is 0 Å². The lowest BCUT2D eigenvalue weighted by molar-refractivity contribution is -0.205. The average Bonchev–Trinajstić information content (AvgIpc) is 2.85. The lowest BCUT2D eigenvalue weighted by Gasteiger charge is -2.56. The molecule has 4 heterocycles. The molecule has 4 rings (SSSR count). The molecule has 0 aromatic heterocycles. The van der Waals surface area contributed by atoms with E-state index in [0.717, 1.165) is 17.9 Å². The van der Waals surface area contributed by atoms with Crippen molar-refractivity contribution in [1.29, 1.82) is 0 Å². The van der Waals surface area contributed by atoms with Gasteiger partial charge in [-0.2, -0.15) is 0 Å². The predicted octanol–water partition coefficient (Wildman–Crippen LogP) is 3.90. The van der Waals surface area contributed by atoms with E-state index in [2.05, 4.69) is 0 Å². The summed E-state index contributed by atoms with van der Waals surface area (Å²) < 4.78 is 23.3. The Hall–Kier alpha value is -0.440. The monoisotopic (exact) mass is 444 g/mol. The fourth-order valence-electron chi connectivity index (χ4n) is 5.07. The van der Waals surface area contributed by atoms with Crippen molar-refractivity contribution in [2.24, 2.45) is 5.41 Å². The second kappa shape index (κ2) is 7.31. The summed E-state index contributed by atoms with van der Waals surface area (Å²) in [5, 5.41) is 0. The number of rotatable bonds is 2. The van der Waals surface area contributed by atoms with E-state index in [-0.39, 0.29) is 40.8 Å². The van der Waals surface area contributed by atoms with Gasteiger partial charge in [0.15, 0.2) is 5.79 Å². The van der Waals surface area contributed by atoms with Gasteiger partial charge in [0.05, 0.1) is 28.1 Å². The summed E-state index contributed by atoms with van der Waals surface area (Å²) in [5.74, 6) is 0.942. The van der Waals surface area contributed by atoms with Gasteiger partial charge in [0.1, 0.15) is 11.7 Å². The number of carbonyl (C=O) groups is 2. The highest BCUT2D eigenvalue weighted by Gasteiger charge is 2.64. The van der Waals surface area contributed by atoms with Gasteiger partial charge in [0.2, 0.25) is 0 Å². The second-order valence-electron chi connectivity index (χ2n) is 9.79. The Morgan fingerprint density at radius 2 is 1.76 bits per heavy atom. The van der Waals surface area contributed by atoms with Crippen molar-refractivity contribution < 1.29 is 28.5 Å². The zero-order chi connectivity index (χ0) is 21.1. The lowest BCUT2D eigenvalue weighted by atomic mass is 9.74. The molecule has 0 aromatic carbocycles. The summed E-state index contributed by atoms with van der Waals surface area (Å²) in [7, 11) is 0. The number of carbonyl (C=O) groups excluding carboxylic acids is 2. The molecule has 4 aliphatic rings. The van der Waals surface area contributed by atoms with Crippen molar-refractivity contribution in [2.75, 3.05) is 11.5 Å². The molecule has 4 saturated heterocycles. The molecule has 4 fully saturated rings. The van der Waals surface area contributed by atoms with E-state index in [1.807, 2.05) is 58.1 Å². The molecule has 4 aliphatic heterocycles. The summed E-state index contributed by atoms with van der Waals surface area (Å²) in [6, 6.07) is 0. The zero-order valence-electron chi connectivity index (χ0n) is 17.9. The molecule has 0 saturated carbocycles. The molecule has 0 amide bonds. The topological polar surface area (TPSA) is 71.1 Å². The third kappa shape index (κ3) is 3.94. The van der Waals surface area contributed by atoms with E-state index < -0.39 is 16.8 Å². The number of hydrogen-bond donors (Lipinski definition) is 0. The normalized spacial score (nSPS) is 40.7. The van der Waals surface area contributed by atoms with Crippen LogP contribution in [0.15, 0.2) is 0 Å². The van der Waals surface area contributed by atoms with Crippen molar-refractivity contribution in [3.63, 3.8) is 0 Å². The minimum atomic E-state index is -0.790. The van der Waals surface area contributed by atoms with Crippen LogP contribution in [0.5, 0.6) is 0 Å². The van der Waals surface area contributed by atoms with Crippen LogP contribution in [0.1, 0.15) is 66.7 Å². The van der Waals surface area contributed by atoms with Crippen LogP contribution >= 0.6 is 23.5 Å². The fraction of sp³-hybridized carbons (Fsp3) is 0.905. The number of hydrogen-bond acceptors (Lipinski definition) is 8. The maximum atomic E-state index is 13.1. The largest absolute Gasteiger partial charge is 0.462 e. The van der Waals surface area contributed by atoms with Gasteiger partial charge in [0, 0.05) is 19.3 Å².